The molecule has 3 rings (SSSR count). The van der Waals surface area contributed by atoms with Gasteiger partial charge in [-0.2, -0.15) is 0 Å². The van der Waals surface area contributed by atoms with Gasteiger partial charge in [0.2, 0.25) is 0 Å². The van der Waals surface area contributed by atoms with Crippen LogP contribution in [0.2, 0.25) is 0 Å². The van der Waals surface area contributed by atoms with E-state index in [9.17, 15) is 0 Å². The predicted octanol–water partition coefficient (Wildman–Crippen LogP) is 0.577. The highest BCUT2D eigenvalue weighted by Gasteiger charge is 2.29. The van der Waals surface area contributed by atoms with E-state index in [0.717, 1.165) is 43.4 Å². The third-order valence-electron chi connectivity index (χ3n) is 4.18. The molecule has 5 heteroatoms. The molecule has 1 atom stereocenters. The summed E-state index contributed by atoms with van der Waals surface area (Å²) in [6, 6.07) is 0.684. The van der Waals surface area contributed by atoms with Crippen LogP contribution in [0.4, 0.5) is 5.82 Å². The topological polar surface area (TPSA) is 44.3 Å². The van der Waals surface area contributed by atoms with E-state index in [4.69, 9.17) is 0 Å². The molecule has 2 fully saturated rings. The lowest BCUT2D eigenvalue weighted by atomic mass is 10.2. The van der Waals surface area contributed by atoms with Gasteiger partial charge in [-0.1, -0.05) is 0 Å². The molecular weight excluding hydrogens is 238 g/mol. The van der Waals surface area contributed by atoms with E-state index < -0.39 is 0 Å². The lowest BCUT2D eigenvalue weighted by molar-refractivity contribution is 0.185. The summed E-state index contributed by atoms with van der Waals surface area (Å²) >= 11 is 0. The molecule has 1 unspecified atom stereocenters. The first-order chi connectivity index (χ1) is 9.24. The number of hydrogen-bond donors (Lipinski definition) is 1. The van der Waals surface area contributed by atoms with Gasteiger partial charge < -0.3 is 10.2 Å². The van der Waals surface area contributed by atoms with Crippen LogP contribution in [0, 0.1) is 13.8 Å². The molecule has 2 aliphatic heterocycles. The highest BCUT2D eigenvalue weighted by atomic mass is 15.3. The number of nitrogens with one attached hydrogen (secondary N) is 1. The van der Waals surface area contributed by atoms with Crippen molar-refractivity contribution in [2.24, 2.45) is 0 Å². The van der Waals surface area contributed by atoms with Crippen LogP contribution < -0.4 is 10.2 Å². The number of aryl methyl sites for hydroxylation is 2. The highest BCUT2D eigenvalue weighted by Crippen LogP contribution is 2.23. The Labute approximate surface area is 115 Å². The minimum Gasteiger partial charge on any atom is -0.353 e. The molecule has 2 aliphatic rings. The molecule has 1 aromatic rings. The van der Waals surface area contributed by atoms with Crippen molar-refractivity contribution in [3.05, 3.63) is 17.6 Å². The van der Waals surface area contributed by atoms with E-state index in [1.807, 2.05) is 13.1 Å². The van der Waals surface area contributed by atoms with E-state index in [0.29, 0.717) is 6.04 Å². The molecule has 1 N–H and O–H groups in total. The van der Waals surface area contributed by atoms with Crippen LogP contribution in [0.25, 0.3) is 0 Å². The van der Waals surface area contributed by atoms with Gasteiger partial charge in [0.25, 0.3) is 0 Å². The highest BCUT2D eigenvalue weighted by molar-refractivity contribution is 5.44. The van der Waals surface area contributed by atoms with Crippen LogP contribution in [0.5, 0.6) is 0 Å². The first-order valence-electron chi connectivity index (χ1n) is 7.24. The Bertz CT molecular complexity index is 441. The maximum atomic E-state index is 4.67. The minimum absolute atomic E-state index is 0.684. The standard InChI is InChI=1S/C14H23N5/c1-11-9-16-12(2)14(17-11)19-6-3-13(10-19)18-7-4-15-5-8-18/h9,13,15H,3-8,10H2,1-2H3. The lowest BCUT2D eigenvalue weighted by Crippen LogP contribution is -2.49. The number of nitrogens with zero attached hydrogens (tertiary/aromatic N) is 4. The normalized spacial score (nSPS) is 24.9. The number of hydrogen-bond acceptors (Lipinski definition) is 5. The van der Waals surface area contributed by atoms with Crippen molar-refractivity contribution < 1.29 is 0 Å². The Hall–Kier alpha value is -1.20. The van der Waals surface area contributed by atoms with Gasteiger partial charge in [0.1, 0.15) is 5.82 Å². The number of aromatic nitrogens is 2. The van der Waals surface area contributed by atoms with Crippen molar-refractivity contribution in [3.63, 3.8) is 0 Å². The monoisotopic (exact) mass is 261 g/mol. The summed E-state index contributed by atoms with van der Waals surface area (Å²) in [7, 11) is 0. The van der Waals surface area contributed by atoms with Crippen LogP contribution in [0.15, 0.2) is 6.20 Å². The zero-order chi connectivity index (χ0) is 13.2. The molecule has 0 amide bonds. The second kappa shape index (κ2) is 5.43. The Morgan fingerprint density at radius 2 is 2.00 bits per heavy atom. The molecule has 19 heavy (non-hydrogen) atoms. The number of rotatable bonds is 2. The molecule has 0 aromatic carbocycles. The third-order valence-corrected chi connectivity index (χ3v) is 4.18. The predicted molar refractivity (Wildman–Crippen MR) is 76.6 cm³/mol. The Morgan fingerprint density at radius 3 is 2.79 bits per heavy atom. The van der Waals surface area contributed by atoms with Gasteiger partial charge in [0.05, 0.1) is 11.4 Å². The summed E-state index contributed by atoms with van der Waals surface area (Å²) in [6.45, 7) is 10.9. The van der Waals surface area contributed by atoms with Crippen molar-refractivity contribution in [2.45, 2.75) is 26.3 Å². The summed E-state index contributed by atoms with van der Waals surface area (Å²) < 4.78 is 0. The van der Waals surface area contributed by atoms with Gasteiger partial charge in [-0.3, -0.25) is 9.88 Å². The average Bonchev–Trinajstić information content (AvgIpc) is 2.92. The Balaban J connectivity index is 1.69. The van der Waals surface area contributed by atoms with E-state index >= 15 is 0 Å². The summed E-state index contributed by atoms with van der Waals surface area (Å²) in [5, 5.41) is 3.42. The minimum atomic E-state index is 0.684. The van der Waals surface area contributed by atoms with Crippen LogP contribution in [0.3, 0.4) is 0 Å². The van der Waals surface area contributed by atoms with Crippen molar-refractivity contribution in [3.8, 4) is 0 Å². The quantitative estimate of drug-likeness (QED) is 0.843. The molecule has 5 nitrogen and oxygen atoms in total. The molecule has 0 aliphatic carbocycles. The van der Waals surface area contributed by atoms with Gasteiger partial charge in [0.15, 0.2) is 0 Å². The molecule has 1 aromatic heterocycles. The SMILES string of the molecule is Cc1cnc(C)c(N2CCC(N3CCNCC3)C2)n1. The van der Waals surface area contributed by atoms with Gasteiger partial charge in [-0.25, -0.2) is 4.98 Å². The van der Waals surface area contributed by atoms with E-state index in [1.54, 1.807) is 0 Å². The maximum absolute atomic E-state index is 4.67. The molecule has 3 heterocycles. The zero-order valence-corrected chi connectivity index (χ0v) is 11.9. The average molecular weight is 261 g/mol. The largest absolute Gasteiger partial charge is 0.353 e. The molecule has 0 radical (unpaired) electrons. The lowest BCUT2D eigenvalue weighted by Gasteiger charge is -2.32. The molecular formula is C14H23N5. The van der Waals surface area contributed by atoms with Gasteiger partial charge >= 0.3 is 0 Å². The summed E-state index contributed by atoms with van der Waals surface area (Å²) in [5.41, 5.74) is 2.05. The number of piperazine rings is 1. The van der Waals surface area contributed by atoms with Gasteiger partial charge in [-0.05, 0) is 20.3 Å². The Morgan fingerprint density at radius 1 is 1.21 bits per heavy atom. The van der Waals surface area contributed by atoms with Crippen molar-refractivity contribution in [1.29, 1.82) is 0 Å². The van der Waals surface area contributed by atoms with Crippen molar-refractivity contribution in [1.82, 2.24) is 20.2 Å². The van der Waals surface area contributed by atoms with Crippen LogP contribution in [0.1, 0.15) is 17.8 Å². The van der Waals surface area contributed by atoms with E-state index in [1.165, 1.54) is 19.5 Å². The van der Waals surface area contributed by atoms with E-state index in [2.05, 4.69) is 32.0 Å². The Kier molecular flexibility index (Phi) is 3.66. The van der Waals surface area contributed by atoms with Crippen molar-refractivity contribution >= 4 is 5.82 Å². The summed E-state index contributed by atoms with van der Waals surface area (Å²) in [4.78, 5) is 14.1. The maximum Gasteiger partial charge on any atom is 0.150 e. The first kappa shape index (κ1) is 12.8. The zero-order valence-electron chi connectivity index (χ0n) is 11.9. The second-order valence-corrected chi connectivity index (χ2v) is 5.59. The van der Waals surface area contributed by atoms with Crippen LogP contribution in [-0.2, 0) is 0 Å². The van der Waals surface area contributed by atoms with Gasteiger partial charge in [-0.15, -0.1) is 0 Å². The van der Waals surface area contributed by atoms with Crippen molar-refractivity contribution in [2.75, 3.05) is 44.2 Å². The fourth-order valence-corrected chi connectivity index (χ4v) is 3.10. The molecule has 2 saturated heterocycles. The van der Waals surface area contributed by atoms with E-state index in [-0.39, 0.29) is 0 Å². The van der Waals surface area contributed by atoms with Gasteiger partial charge in [0, 0.05) is 51.5 Å². The molecule has 0 spiro atoms. The second-order valence-electron chi connectivity index (χ2n) is 5.59. The molecule has 0 saturated carbocycles. The van der Waals surface area contributed by atoms with Crippen LogP contribution in [-0.4, -0.2) is 60.2 Å². The summed E-state index contributed by atoms with van der Waals surface area (Å²) in [6.07, 6.45) is 3.09. The molecule has 104 valence electrons. The fourth-order valence-electron chi connectivity index (χ4n) is 3.10. The summed E-state index contributed by atoms with van der Waals surface area (Å²) in [5.74, 6) is 1.08. The fraction of sp³-hybridized carbons (Fsp3) is 0.714. The van der Waals surface area contributed by atoms with Crippen LogP contribution >= 0.6 is 0 Å². The molecule has 0 bridgehead atoms. The third kappa shape index (κ3) is 2.72. The smallest absolute Gasteiger partial charge is 0.150 e. The number of anilines is 1. The first-order valence-corrected chi connectivity index (χ1v) is 7.24.